The molecule has 3 N–H and O–H groups in total. The molecule has 0 radical (unpaired) electrons. The number of benzene rings is 1. The van der Waals surface area contributed by atoms with Crippen molar-refractivity contribution in [2.24, 2.45) is 5.73 Å². The van der Waals surface area contributed by atoms with Crippen LogP contribution in [-0.4, -0.2) is 9.97 Å². The predicted octanol–water partition coefficient (Wildman–Crippen LogP) is 2.41. The number of aromatic nitrogens is 2. The maximum Gasteiger partial charge on any atom is 0.127 e. The van der Waals surface area contributed by atoms with Gasteiger partial charge in [-0.25, -0.2) is 4.98 Å². The standard InChI is InChI=1S/C13H17N3/c1-2-6-11-9-15-13(16-11)12(14)10-7-4-3-5-8-10/h3-5,7-9,12H,2,6,14H2,1H3,(H,15,16). The zero-order valence-electron chi connectivity index (χ0n) is 9.48. The Kier molecular flexibility index (Phi) is 3.37. The van der Waals surface area contributed by atoms with Crippen molar-refractivity contribution in [1.29, 1.82) is 0 Å². The lowest BCUT2D eigenvalue weighted by atomic mass is 10.1. The lowest BCUT2D eigenvalue weighted by Gasteiger charge is -2.08. The molecule has 0 saturated carbocycles. The first kappa shape index (κ1) is 10.9. The van der Waals surface area contributed by atoms with E-state index >= 15 is 0 Å². The summed E-state index contributed by atoms with van der Waals surface area (Å²) >= 11 is 0. The Morgan fingerprint density at radius 1 is 1.31 bits per heavy atom. The van der Waals surface area contributed by atoms with E-state index in [1.807, 2.05) is 36.5 Å². The van der Waals surface area contributed by atoms with E-state index in [9.17, 15) is 0 Å². The van der Waals surface area contributed by atoms with Crippen LogP contribution in [0.1, 0.15) is 36.5 Å². The summed E-state index contributed by atoms with van der Waals surface area (Å²) in [6.45, 7) is 2.15. The summed E-state index contributed by atoms with van der Waals surface area (Å²) in [5.41, 5.74) is 8.37. The van der Waals surface area contributed by atoms with Gasteiger partial charge in [0.1, 0.15) is 5.82 Å². The van der Waals surface area contributed by atoms with Gasteiger partial charge in [0.2, 0.25) is 0 Å². The molecular weight excluding hydrogens is 198 g/mol. The highest BCUT2D eigenvalue weighted by Crippen LogP contribution is 2.16. The van der Waals surface area contributed by atoms with Crippen molar-refractivity contribution >= 4 is 0 Å². The van der Waals surface area contributed by atoms with Gasteiger partial charge >= 0.3 is 0 Å². The van der Waals surface area contributed by atoms with Gasteiger partial charge in [-0.2, -0.15) is 0 Å². The fourth-order valence-corrected chi connectivity index (χ4v) is 1.75. The molecule has 1 aromatic heterocycles. The number of rotatable bonds is 4. The smallest absolute Gasteiger partial charge is 0.127 e. The molecule has 1 unspecified atom stereocenters. The van der Waals surface area contributed by atoms with E-state index in [0.29, 0.717) is 0 Å². The van der Waals surface area contributed by atoms with E-state index in [1.54, 1.807) is 0 Å². The molecule has 16 heavy (non-hydrogen) atoms. The van der Waals surface area contributed by atoms with Crippen LogP contribution in [0.15, 0.2) is 36.5 Å². The molecule has 0 bridgehead atoms. The van der Waals surface area contributed by atoms with Crippen LogP contribution in [0.25, 0.3) is 0 Å². The van der Waals surface area contributed by atoms with Crippen molar-refractivity contribution in [3.8, 4) is 0 Å². The Hall–Kier alpha value is -1.61. The average molecular weight is 215 g/mol. The summed E-state index contributed by atoms with van der Waals surface area (Å²) in [5, 5.41) is 0. The molecule has 0 aliphatic carbocycles. The minimum Gasteiger partial charge on any atom is -0.344 e. The van der Waals surface area contributed by atoms with Crippen LogP contribution >= 0.6 is 0 Å². The third-order valence-corrected chi connectivity index (χ3v) is 2.62. The molecule has 2 rings (SSSR count). The van der Waals surface area contributed by atoms with Crippen LogP contribution in [-0.2, 0) is 6.42 Å². The normalized spacial score (nSPS) is 12.6. The fraction of sp³-hybridized carbons (Fsp3) is 0.308. The highest BCUT2D eigenvalue weighted by molar-refractivity contribution is 5.24. The quantitative estimate of drug-likeness (QED) is 0.823. The predicted molar refractivity (Wildman–Crippen MR) is 65.1 cm³/mol. The van der Waals surface area contributed by atoms with E-state index < -0.39 is 0 Å². The van der Waals surface area contributed by atoms with Crippen molar-refractivity contribution in [2.75, 3.05) is 0 Å². The third-order valence-electron chi connectivity index (χ3n) is 2.62. The Balaban J connectivity index is 2.17. The minimum atomic E-state index is -0.160. The second kappa shape index (κ2) is 4.94. The molecule has 3 heteroatoms. The highest BCUT2D eigenvalue weighted by Gasteiger charge is 2.11. The van der Waals surface area contributed by atoms with Crippen LogP contribution in [0.2, 0.25) is 0 Å². The molecule has 0 aliphatic heterocycles. The number of hydrogen-bond donors (Lipinski definition) is 2. The number of nitrogens with two attached hydrogens (primary N) is 1. The number of H-pyrrole nitrogens is 1. The monoisotopic (exact) mass is 215 g/mol. The van der Waals surface area contributed by atoms with Gasteiger partial charge in [-0.3, -0.25) is 0 Å². The fourth-order valence-electron chi connectivity index (χ4n) is 1.75. The van der Waals surface area contributed by atoms with Crippen LogP contribution in [0, 0.1) is 0 Å². The van der Waals surface area contributed by atoms with E-state index in [0.717, 1.165) is 29.9 Å². The van der Waals surface area contributed by atoms with Crippen molar-refractivity contribution in [3.05, 3.63) is 53.6 Å². The van der Waals surface area contributed by atoms with Crippen molar-refractivity contribution in [1.82, 2.24) is 9.97 Å². The van der Waals surface area contributed by atoms with Crippen molar-refractivity contribution < 1.29 is 0 Å². The maximum atomic E-state index is 6.13. The van der Waals surface area contributed by atoms with Crippen molar-refractivity contribution in [3.63, 3.8) is 0 Å². The second-order valence-electron chi connectivity index (χ2n) is 3.93. The maximum absolute atomic E-state index is 6.13. The van der Waals surface area contributed by atoms with E-state index in [-0.39, 0.29) is 6.04 Å². The van der Waals surface area contributed by atoms with Gasteiger partial charge in [-0.1, -0.05) is 43.7 Å². The summed E-state index contributed by atoms with van der Waals surface area (Å²) < 4.78 is 0. The molecule has 3 nitrogen and oxygen atoms in total. The number of imidazole rings is 1. The van der Waals surface area contributed by atoms with Gasteiger partial charge in [0.05, 0.1) is 6.04 Å². The summed E-state index contributed by atoms with van der Waals surface area (Å²) in [6, 6.07) is 9.85. The second-order valence-corrected chi connectivity index (χ2v) is 3.93. The molecule has 84 valence electrons. The number of nitrogens with one attached hydrogen (secondary N) is 1. The van der Waals surface area contributed by atoms with Gasteiger partial charge in [0, 0.05) is 11.9 Å². The van der Waals surface area contributed by atoms with Gasteiger partial charge < -0.3 is 10.7 Å². The Labute approximate surface area is 95.7 Å². The van der Waals surface area contributed by atoms with Gasteiger partial charge in [0.15, 0.2) is 0 Å². The first-order valence-corrected chi connectivity index (χ1v) is 5.65. The summed E-state index contributed by atoms with van der Waals surface area (Å²) in [6.07, 6.45) is 4.01. The van der Waals surface area contributed by atoms with Gasteiger partial charge in [-0.05, 0) is 12.0 Å². The first-order valence-electron chi connectivity index (χ1n) is 5.65. The lowest BCUT2D eigenvalue weighted by Crippen LogP contribution is -2.13. The summed E-state index contributed by atoms with van der Waals surface area (Å²) in [7, 11) is 0. The topological polar surface area (TPSA) is 54.7 Å². The zero-order chi connectivity index (χ0) is 11.4. The molecule has 1 atom stereocenters. The van der Waals surface area contributed by atoms with Gasteiger partial charge in [0.25, 0.3) is 0 Å². The zero-order valence-corrected chi connectivity index (χ0v) is 9.48. The van der Waals surface area contributed by atoms with Crippen molar-refractivity contribution in [2.45, 2.75) is 25.8 Å². The first-order chi connectivity index (χ1) is 7.81. The molecular formula is C13H17N3. The number of aryl methyl sites for hydroxylation is 1. The Bertz CT molecular complexity index is 433. The lowest BCUT2D eigenvalue weighted by molar-refractivity contribution is 0.790. The summed E-state index contributed by atoms with van der Waals surface area (Å²) in [4.78, 5) is 7.61. The molecule has 0 fully saturated rings. The van der Waals surface area contributed by atoms with E-state index in [2.05, 4.69) is 16.9 Å². The van der Waals surface area contributed by atoms with Crippen LogP contribution < -0.4 is 5.73 Å². The SMILES string of the molecule is CCCc1cnc(C(N)c2ccccc2)[nH]1. The van der Waals surface area contributed by atoms with E-state index in [4.69, 9.17) is 5.73 Å². The van der Waals surface area contributed by atoms with Crippen LogP contribution in [0.4, 0.5) is 0 Å². The Morgan fingerprint density at radius 3 is 2.75 bits per heavy atom. The summed E-state index contributed by atoms with van der Waals surface area (Å²) in [5.74, 6) is 0.842. The Morgan fingerprint density at radius 2 is 2.06 bits per heavy atom. The van der Waals surface area contributed by atoms with E-state index in [1.165, 1.54) is 0 Å². The molecule has 0 amide bonds. The molecule has 0 spiro atoms. The number of aromatic amines is 1. The molecule has 0 aliphatic rings. The molecule has 0 saturated heterocycles. The number of hydrogen-bond acceptors (Lipinski definition) is 2. The molecule has 1 aromatic carbocycles. The van der Waals surface area contributed by atoms with Crippen LogP contribution in [0.5, 0.6) is 0 Å². The minimum absolute atomic E-state index is 0.160. The molecule has 2 aromatic rings. The van der Waals surface area contributed by atoms with Gasteiger partial charge in [-0.15, -0.1) is 0 Å². The highest BCUT2D eigenvalue weighted by atomic mass is 15.0. The third kappa shape index (κ3) is 2.31. The largest absolute Gasteiger partial charge is 0.344 e. The number of nitrogens with zero attached hydrogens (tertiary/aromatic N) is 1. The van der Waals surface area contributed by atoms with Crippen LogP contribution in [0.3, 0.4) is 0 Å². The molecule has 1 heterocycles. The average Bonchev–Trinajstić information content (AvgIpc) is 2.78.